The summed E-state index contributed by atoms with van der Waals surface area (Å²) in [7, 11) is 1.66. The van der Waals surface area contributed by atoms with Crippen LogP contribution in [0.1, 0.15) is 29.2 Å². The minimum absolute atomic E-state index is 0.530. The zero-order valence-electron chi connectivity index (χ0n) is 12.6. The third kappa shape index (κ3) is 3.02. The first-order chi connectivity index (χ1) is 9.44. The van der Waals surface area contributed by atoms with E-state index in [9.17, 15) is 5.11 Å². The second kappa shape index (κ2) is 5.68. The molecule has 0 aliphatic heterocycles. The van der Waals surface area contributed by atoms with Crippen molar-refractivity contribution in [3.8, 4) is 5.75 Å². The van der Waals surface area contributed by atoms with Crippen molar-refractivity contribution in [3.63, 3.8) is 0 Å². The SMILES string of the molecule is COc1ccc(C)cc1CC(C)(O)c1ccccc1C. The molecule has 1 N–H and O–H groups in total. The lowest BCUT2D eigenvalue weighted by Crippen LogP contribution is -2.25. The summed E-state index contributed by atoms with van der Waals surface area (Å²) in [5.41, 5.74) is 3.35. The molecule has 20 heavy (non-hydrogen) atoms. The average Bonchev–Trinajstić information content (AvgIpc) is 2.39. The molecule has 2 rings (SSSR count). The second-order valence-electron chi connectivity index (χ2n) is 5.58. The third-order valence-electron chi connectivity index (χ3n) is 3.70. The molecule has 2 aromatic carbocycles. The lowest BCUT2D eigenvalue weighted by Gasteiger charge is -2.26. The summed E-state index contributed by atoms with van der Waals surface area (Å²) in [5.74, 6) is 0.824. The van der Waals surface area contributed by atoms with Gasteiger partial charge in [0.15, 0.2) is 0 Å². The number of rotatable bonds is 4. The third-order valence-corrected chi connectivity index (χ3v) is 3.70. The van der Waals surface area contributed by atoms with Crippen LogP contribution in [0.15, 0.2) is 42.5 Å². The van der Waals surface area contributed by atoms with Gasteiger partial charge in [-0.15, -0.1) is 0 Å². The van der Waals surface area contributed by atoms with E-state index in [0.29, 0.717) is 6.42 Å². The number of methoxy groups -OCH3 is 1. The highest BCUT2D eigenvalue weighted by atomic mass is 16.5. The smallest absolute Gasteiger partial charge is 0.122 e. The molecule has 2 nitrogen and oxygen atoms in total. The van der Waals surface area contributed by atoms with Gasteiger partial charge in [0, 0.05) is 6.42 Å². The summed E-state index contributed by atoms with van der Waals surface area (Å²) in [6.45, 7) is 5.93. The topological polar surface area (TPSA) is 29.5 Å². The maximum absolute atomic E-state index is 10.9. The molecule has 0 aromatic heterocycles. The van der Waals surface area contributed by atoms with Gasteiger partial charge in [0.25, 0.3) is 0 Å². The molecule has 0 spiro atoms. The molecule has 0 bridgehead atoms. The number of ether oxygens (including phenoxy) is 1. The predicted molar refractivity (Wildman–Crippen MR) is 82.2 cm³/mol. The number of hydrogen-bond donors (Lipinski definition) is 1. The first-order valence-electron chi connectivity index (χ1n) is 6.86. The maximum Gasteiger partial charge on any atom is 0.122 e. The number of aliphatic hydroxyl groups is 1. The van der Waals surface area contributed by atoms with Gasteiger partial charge in [0.2, 0.25) is 0 Å². The highest BCUT2D eigenvalue weighted by molar-refractivity contribution is 5.40. The Hall–Kier alpha value is -1.80. The molecular weight excluding hydrogens is 248 g/mol. The zero-order valence-corrected chi connectivity index (χ0v) is 12.6. The van der Waals surface area contributed by atoms with Gasteiger partial charge in [-0.25, -0.2) is 0 Å². The fraction of sp³-hybridized carbons (Fsp3) is 0.333. The Labute approximate surface area is 121 Å². The largest absolute Gasteiger partial charge is 0.496 e. The fourth-order valence-corrected chi connectivity index (χ4v) is 2.69. The first-order valence-corrected chi connectivity index (χ1v) is 6.86. The lowest BCUT2D eigenvalue weighted by molar-refractivity contribution is 0.0563. The van der Waals surface area contributed by atoms with Crippen molar-refractivity contribution in [2.75, 3.05) is 7.11 Å². The Bertz CT molecular complexity index is 600. The summed E-state index contributed by atoms with van der Waals surface area (Å²) in [5, 5.41) is 10.9. The molecule has 0 fully saturated rings. The highest BCUT2D eigenvalue weighted by Gasteiger charge is 2.26. The number of benzene rings is 2. The minimum atomic E-state index is -0.910. The molecule has 0 heterocycles. The summed E-state index contributed by atoms with van der Waals surface area (Å²) < 4.78 is 5.40. The Kier molecular flexibility index (Phi) is 4.15. The van der Waals surface area contributed by atoms with Gasteiger partial charge >= 0.3 is 0 Å². The van der Waals surface area contributed by atoms with Crippen molar-refractivity contribution in [3.05, 3.63) is 64.7 Å². The Morgan fingerprint density at radius 2 is 1.80 bits per heavy atom. The van der Waals surface area contributed by atoms with Crippen LogP contribution in [0, 0.1) is 13.8 Å². The monoisotopic (exact) mass is 270 g/mol. The van der Waals surface area contributed by atoms with E-state index in [0.717, 1.165) is 22.4 Å². The van der Waals surface area contributed by atoms with Gasteiger partial charge in [-0.05, 0) is 43.5 Å². The van der Waals surface area contributed by atoms with Crippen LogP contribution < -0.4 is 4.74 Å². The van der Waals surface area contributed by atoms with Gasteiger partial charge in [0.05, 0.1) is 12.7 Å². The fourth-order valence-electron chi connectivity index (χ4n) is 2.69. The maximum atomic E-state index is 10.9. The van der Waals surface area contributed by atoms with E-state index < -0.39 is 5.60 Å². The van der Waals surface area contributed by atoms with E-state index in [4.69, 9.17) is 4.74 Å². The Morgan fingerprint density at radius 3 is 2.45 bits per heavy atom. The van der Waals surface area contributed by atoms with Crippen molar-refractivity contribution in [2.24, 2.45) is 0 Å². The van der Waals surface area contributed by atoms with E-state index >= 15 is 0 Å². The van der Waals surface area contributed by atoms with Crippen LogP contribution in [0.4, 0.5) is 0 Å². The summed E-state index contributed by atoms with van der Waals surface area (Å²) >= 11 is 0. The van der Waals surface area contributed by atoms with Crippen LogP contribution in [0.5, 0.6) is 5.75 Å². The Morgan fingerprint density at radius 1 is 1.10 bits per heavy atom. The van der Waals surface area contributed by atoms with Gasteiger partial charge in [-0.2, -0.15) is 0 Å². The molecule has 1 unspecified atom stereocenters. The predicted octanol–water partition coefficient (Wildman–Crippen LogP) is 3.76. The van der Waals surface area contributed by atoms with E-state index in [2.05, 4.69) is 6.07 Å². The number of aryl methyl sites for hydroxylation is 2. The minimum Gasteiger partial charge on any atom is -0.496 e. The van der Waals surface area contributed by atoms with Gasteiger partial charge in [-0.1, -0.05) is 42.0 Å². The van der Waals surface area contributed by atoms with Crippen LogP contribution in [0.25, 0.3) is 0 Å². The molecule has 0 saturated heterocycles. The zero-order chi connectivity index (χ0) is 14.8. The van der Waals surface area contributed by atoms with Crippen molar-refractivity contribution in [1.29, 1.82) is 0 Å². The van der Waals surface area contributed by atoms with Gasteiger partial charge in [-0.3, -0.25) is 0 Å². The van der Waals surface area contributed by atoms with Gasteiger partial charge in [0.1, 0.15) is 5.75 Å². The van der Waals surface area contributed by atoms with E-state index in [1.807, 2.05) is 57.2 Å². The van der Waals surface area contributed by atoms with Crippen molar-refractivity contribution < 1.29 is 9.84 Å². The molecular formula is C18H22O2. The van der Waals surface area contributed by atoms with E-state index in [1.165, 1.54) is 5.56 Å². The van der Waals surface area contributed by atoms with Crippen LogP contribution in [-0.2, 0) is 12.0 Å². The molecule has 1 atom stereocenters. The molecule has 2 aromatic rings. The van der Waals surface area contributed by atoms with E-state index in [-0.39, 0.29) is 0 Å². The van der Waals surface area contributed by atoms with Crippen molar-refractivity contribution in [2.45, 2.75) is 32.8 Å². The highest BCUT2D eigenvalue weighted by Crippen LogP contribution is 2.31. The lowest BCUT2D eigenvalue weighted by atomic mass is 9.86. The molecule has 2 heteroatoms. The summed E-state index contributed by atoms with van der Waals surface area (Å²) in [6.07, 6.45) is 0.530. The standard InChI is InChI=1S/C18H22O2/c1-13-9-10-17(20-4)15(11-13)12-18(3,19)16-8-6-5-7-14(16)2/h5-11,19H,12H2,1-4H3. The molecule has 0 saturated carbocycles. The normalized spacial score (nSPS) is 13.8. The second-order valence-corrected chi connectivity index (χ2v) is 5.58. The van der Waals surface area contributed by atoms with Crippen molar-refractivity contribution in [1.82, 2.24) is 0 Å². The first kappa shape index (κ1) is 14.6. The molecule has 0 aliphatic carbocycles. The quantitative estimate of drug-likeness (QED) is 0.916. The van der Waals surface area contributed by atoms with Crippen LogP contribution in [0.2, 0.25) is 0 Å². The van der Waals surface area contributed by atoms with Crippen LogP contribution in [-0.4, -0.2) is 12.2 Å². The van der Waals surface area contributed by atoms with Crippen LogP contribution >= 0.6 is 0 Å². The molecule has 0 amide bonds. The van der Waals surface area contributed by atoms with Crippen LogP contribution in [0.3, 0.4) is 0 Å². The van der Waals surface area contributed by atoms with E-state index in [1.54, 1.807) is 7.11 Å². The molecule has 0 radical (unpaired) electrons. The van der Waals surface area contributed by atoms with Gasteiger partial charge < -0.3 is 9.84 Å². The summed E-state index contributed by atoms with van der Waals surface area (Å²) in [4.78, 5) is 0. The molecule has 106 valence electrons. The Balaban J connectivity index is 2.38. The summed E-state index contributed by atoms with van der Waals surface area (Å²) in [6, 6.07) is 14.0. The molecule has 0 aliphatic rings. The average molecular weight is 270 g/mol. The van der Waals surface area contributed by atoms with Crippen molar-refractivity contribution >= 4 is 0 Å². The number of hydrogen-bond acceptors (Lipinski definition) is 2.